The average molecular weight is 434 g/mol. The van der Waals surface area contributed by atoms with Gasteiger partial charge in [-0.05, 0) is 56.7 Å². The van der Waals surface area contributed by atoms with Crippen LogP contribution in [0.15, 0.2) is 12.1 Å². The number of piperidine rings is 1. The Hall–Kier alpha value is -0.520. The van der Waals surface area contributed by atoms with Crippen LogP contribution in [0.5, 0.6) is 0 Å². The predicted molar refractivity (Wildman–Crippen MR) is 112 cm³/mol. The second-order valence-corrected chi connectivity index (χ2v) is 9.23. The van der Waals surface area contributed by atoms with E-state index in [1.165, 1.54) is 0 Å². The number of aliphatic hydroxyl groups is 1. The third-order valence-electron chi connectivity index (χ3n) is 5.90. The molecule has 0 radical (unpaired) electrons. The topological polar surface area (TPSA) is 52.6 Å². The van der Waals surface area contributed by atoms with Gasteiger partial charge in [-0.1, -0.05) is 48.1 Å². The normalized spacial score (nSPS) is 29.5. The second-order valence-electron chi connectivity index (χ2n) is 7.98. The number of hydrogen-bond donors (Lipinski definition) is 2. The number of carbonyl (C=O) groups is 1. The molecule has 2 fully saturated rings. The SMILES string of the molecule is CC1CCC(O)C(C2CCCCN2CC(=O)Nc2c(Cl)cc(Cl)cc2Cl)C1. The van der Waals surface area contributed by atoms with E-state index in [0.717, 1.165) is 45.1 Å². The molecule has 1 aliphatic heterocycles. The summed E-state index contributed by atoms with van der Waals surface area (Å²) in [4.78, 5) is 14.9. The molecule has 4 atom stereocenters. The molecule has 7 heteroatoms. The Morgan fingerprint density at radius 1 is 1.19 bits per heavy atom. The van der Waals surface area contributed by atoms with Crippen molar-refractivity contribution in [2.45, 2.75) is 57.6 Å². The minimum Gasteiger partial charge on any atom is -0.393 e. The Morgan fingerprint density at radius 3 is 2.59 bits per heavy atom. The van der Waals surface area contributed by atoms with Crippen molar-refractivity contribution in [2.75, 3.05) is 18.4 Å². The zero-order chi connectivity index (χ0) is 19.6. The monoisotopic (exact) mass is 432 g/mol. The lowest BCUT2D eigenvalue weighted by molar-refractivity contribution is -0.119. The number of amides is 1. The molecule has 1 heterocycles. The van der Waals surface area contributed by atoms with Gasteiger partial charge >= 0.3 is 0 Å². The summed E-state index contributed by atoms with van der Waals surface area (Å²) in [7, 11) is 0. The number of nitrogens with one attached hydrogen (secondary N) is 1. The summed E-state index contributed by atoms with van der Waals surface area (Å²) >= 11 is 18.3. The standard InChI is InChI=1S/C20H27Cl3N2O2/c1-12-5-6-18(26)14(8-12)17-4-2-3-7-25(17)11-19(27)24-20-15(22)9-13(21)10-16(20)23/h9-10,12,14,17-18,26H,2-8,11H2,1H3,(H,24,27). The van der Waals surface area contributed by atoms with E-state index in [1.807, 2.05) is 0 Å². The highest BCUT2D eigenvalue weighted by atomic mass is 35.5. The minimum atomic E-state index is -0.269. The van der Waals surface area contributed by atoms with E-state index in [-0.39, 0.29) is 30.5 Å². The summed E-state index contributed by atoms with van der Waals surface area (Å²) in [6, 6.07) is 3.38. The van der Waals surface area contributed by atoms with Crippen LogP contribution >= 0.6 is 34.8 Å². The fourth-order valence-corrected chi connectivity index (χ4v) is 5.46. The van der Waals surface area contributed by atoms with E-state index in [9.17, 15) is 9.90 Å². The van der Waals surface area contributed by atoms with Crippen molar-refractivity contribution in [3.63, 3.8) is 0 Å². The third kappa shape index (κ3) is 5.30. The highest BCUT2D eigenvalue weighted by molar-refractivity contribution is 6.42. The van der Waals surface area contributed by atoms with Gasteiger partial charge in [0.15, 0.2) is 0 Å². The molecule has 1 saturated carbocycles. The number of nitrogens with zero attached hydrogens (tertiary/aromatic N) is 1. The summed E-state index contributed by atoms with van der Waals surface area (Å²) in [5, 5.41) is 14.5. The van der Waals surface area contributed by atoms with Crippen molar-refractivity contribution in [1.29, 1.82) is 0 Å². The van der Waals surface area contributed by atoms with Crippen molar-refractivity contribution >= 4 is 46.4 Å². The summed E-state index contributed by atoms with van der Waals surface area (Å²) in [5.74, 6) is 0.721. The molecule has 0 spiro atoms. The zero-order valence-corrected chi connectivity index (χ0v) is 17.8. The second kappa shape index (κ2) is 9.32. The molecule has 1 aromatic rings. The molecule has 2 aliphatic rings. The first-order valence-electron chi connectivity index (χ1n) is 9.71. The van der Waals surface area contributed by atoms with Crippen molar-refractivity contribution in [3.05, 3.63) is 27.2 Å². The number of aliphatic hydroxyl groups excluding tert-OH is 1. The fraction of sp³-hybridized carbons (Fsp3) is 0.650. The van der Waals surface area contributed by atoms with Crippen molar-refractivity contribution in [1.82, 2.24) is 4.90 Å². The molecule has 1 amide bonds. The molecule has 4 nitrogen and oxygen atoms in total. The first-order valence-corrected chi connectivity index (χ1v) is 10.8. The minimum absolute atomic E-state index is 0.147. The van der Waals surface area contributed by atoms with Crippen LogP contribution in [-0.4, -0.2) is 41.1 Å². The third-order valence-corrected chi connectivity index (χ3v) is 6.71. The van der Waals surface area contributed by atoms with Crippen molar-refractivity contribution in [3.8, 4) is 0 Å². The maximum atomic E-state index is 12.7. The van der Waals surface area contributed by atoms with Crippen LogP contribution < -0.4 is 5.32 Å². The van der Waals surface area contributed by atoms with E-state index in [0.29, 0.717) is 26.7 Å². The molecule has 27 heavy (non-hydrogen) atoms. The molecule has 3 rings (SSSR count). The molecule has 0 bridgehead atoms. The van der Waals surface area contributed by atoms with Gasteiger partial charge in [0, 0.05) is 17.0 Å². The van der Waals surface area contributed by atoms with Gasteiger partial charge in [-0.2, -0.15) is 0 Å². The molecule has 2 N–H and O–H groups in total. The lowest BCUT2D eigenvalue weighted by Crippen LogP contribution is -2.51. The Morgan fingerprint density at radius 2 is 1.89 bits per heavy atom. The molecule has 1 aliphatic carbocycles. The number of carbonyl (C=O) groups excluding carboxylic acids is 1. The van der Waals surface area contributed by atoms with E-state index in [2.05, 4.69) is 17.1 Å². The van der Waals surface area contributed by atoms with Crippen molar-refractivity contribution in [2.24, 2.45) is 11.8 Å². The first kappa shape index (κ1) is 21.2. The van der Waals surface area contributed by atoms with Gasteiger partial charge in [-0.15, -0.1) is 0 Å². The highest BCUT2D eigenvalue weighted by Gasteiger charge is 2.38. The van der Waals surface area contributed by atoms with Gasteiger partial charge < -0.3 is 10.4 Å². The van der Waals surface area contributed by atoms with Crippen LogP contribution in [0.2, 0.25) is 15.1 Å². The van der Waals surface area contributed by atoms with Gasteiger partial charge in [0.1, 0.15) is 0 Å². The maximum absolute atomic E-state index is 12.7. The molecule has 4 unspecified atom stereocenters. The Kier molecular flexibility index (Phi) is 7.32. The number of benzene rings is 1. The molecular formula is C20H27Cl3N2O2. The Balaban J connectivity index is 1.68. The summed E-state index contributed by atoms with van der Waals surface area (Å²) in [6.45, 7) is 3.40. The summed E-state index contributed by atoms with van der Waals surface area (Å²) < 4.78 is 0. The van der Waals surface area contributed by atoms with E-state index < -0.39 is 0 Å². The quantitative estimate of drug-likeness (QED) is 0.683. The van der Waals surface area contributed by atoms with Gasteiger partial charge in [0.2, 0.25) is 5.91 Å². The largest absolute Gasteiger partial charge is 0.393 e. The summed E-state index contributed by atoms with van der Waals surface area (Å²) in [6.07, 6.45) is 5.95. The van der Waals surface area contributed by atoms with Gasteiger partial charge in [-0.3, -0.25) is 9.69 Å². The Labute approximate surface area is 176 Å². The lowest BCUT2D eigenvalue weighted by atomic mass is 9.74. The number of anilines is 1. The fourth-order valence-electron chi connectivity index (χ4n) is 4.55. The first-order chi connectivity index (χ1) is 12.8. The van der Waals surface area contributed by atoms with Crippen LogP contribution in [0.3, 0.4) is 0 Å². The van der Waals surface area contributed by atoms with Gasteiger partial charge in [0.25, 0.3) is 0 Å². The lowest BCUT2D eigenvalue weighted by Gasteiger charge is -2.44. The summed E-state index contributed by atoms with van der Waals surface area (Å²) in [5.41, 5.74) is 0.396. The van der Waals surface area contributed by atoms with Crippen LogP contribution in [0.1, 0.15) is 45.4 Å². The number of likely N-dealkylation sites (tertiary alicyclic amines) is 1. The average Bonchev–Trinajstić information content (AvgIpc) is 2.61. The van der Waals surface area contributed by atoms with Crippen LogP contribution in [0.4, 0.5) is 5.69 Å². The van der Waals surface area contributed by atoms with E-state index in [4.69, 9.17) is 34.8 Å². The zero-order valence-electron chi connectivity index (χ0n) is 15.6. The molecule has 150 valence electrons. The highest BCUT2D eigenvalue weighted by Crippen LogP contribution is 2.37. The predicted octanol–water partition coefficient (Wildman–Crippen LogP) is 5.24. The molecular weight excluding hydrogens is 407 g/mol. The molecule has 1 aromatic carbocycles. The smallest absolute Gasteiger partial charge is 0.238 e. The van der Waals surface area contributed by atoms with E-state index >= 15 is 0 Å². The van der Waals surface area contributed by atoms with Crippen molar-refractivity contribution < 1.29 is 9.90 Å². The number of hydrogen-bond acceptors (Lipinski definition) is 3. The van der Waals surface area contributed by atoms with Crippen LogP contribution in [-0.2, 0) is 4.79 Å². The van der Waals surface area contributed by atoms with E-state index in [1.54, 1.807) is 12.1 Å². The van der Waals surface area contributed by atoms with Gasteiger partial charge in [0.05, 0.1) is 28.4 Å². The van der Waals surface area contributed by atoms with Crippen LogP contribution in [0, 0.1) is 11.8 Å². The maximum Gasteiger partial charge on any atom is 0.238 e. The Bertz CT molecular complexity index is 662. The molecule has 1 saturated heterocycles. The number of halogens is 3. The molecule has 0 aromatic heterocycles. The van der Waals surface area contributed by atoms with Gasteiger partial charge in [-0.25, -0.2) is 0 Å². The van der Waals surface area contributed by atoms with Crippen LogP contribution in [0.25, 0.3) is 0 Å². The number of rotatable bonds is 4.